The summed E-state index contributed by atoms with van der Waals surface area (Å²) >= 11 is 0. The van der Waals surface area contributed by atoms with Crippen LogP contribution in [0.15, 0.2) is 23.0 Å². The summed E-state index contributed by atoms with van der Waals surface area (Å²) in [5, 5.41) is 24.8. The monoisotopic (exact) mass is 131 g/mol. The molecule has 0 aliphatic rings. The van der Waals surface area contributed by atoms with Crippen LogP contribution in [0.25, 0.3) is 0 Å². The van der Waals surface area contributed by atoms with Crippen LogP contribution in [0.4, 0.5) is 0 Å². The van der Waals surface area contributed by atoms with E-state index in [2.05, 4.69) is 9.68 Å². The van der Waals surface area contributed by atoms with Gasteiger partial charge in [-0.3, -0.25) is 0 Å². The highest BCUT2D eigenvalue weighted by Crippen LogP contribution is 1.72. The molecule has 1 aromatic heterocycles. The minimum Gasteiger partial charge on any atom is -0.402 e. The first-order chi connectivity index (χ1) is 4.23. The van der Waals surface area contributed by atoms with E-state index in [-0.39, 0.29) is 0 Å². The summed E-state index contributed by atoms with van der Waals surface area (Å²) in [6.45, 7) is 0. The predicted octanol–water partition coefficient (Wildman–Crippen LogP) is -1.38. The molecule has 0 saturated heterocycles. The first-order valence-electron chi connectivity index (χ1n) is 2.12. The molecule has 0 radical (unpaired) electrons. The van der Waals surface area contributed by atoms with Crippen LogP contribution in [0.5, 0.6) is 0 Å². The fourth-order valence-electron chi connectivity index (χ4n) is 0.176. The molecule has 0 unspecified atom stereocenters. The van der Waals surface area contributed by atoms with Gasteiger partial charge in [0.2, 0.25) is 0 Å². The first-order valence-corrected chi connectivity index (χ1v) is 2.12. The van der Waals surface area contributed by atoms with Gasteiger partial charge < -0.3 is 19.6 Å². The summed E-state index contributed by atoms with van der Waals surface area (Å²) < 4.78 is 4.33. The van der Waals surface area contributed by atoms with Crippen LogP contribution >= 0.6 is 0 Å². The maximum atomic E-state index is 7.17. The number of nitrogens with zero attached hydrogens (tertiary/aromatic N) is 1. The van der Waals surface area contributed by atoms with Crippen molar-refractivity contribution in [3.63, 3.8) is 0 Å². The molecule has 0 saturated carbocycles. The molecule has 5 nitrogen and oxygen atoms in total. The number of aromatic nitrogens is 1. The first kappa shape index (κ1) is 8.15. The van der Waals surface area contributed by atoms with E-state index in [0.29, 0.717) is 0 Å². The van der Waals surface area contributed by atoms with Crippen LogP contribution < -0.4 is 0 Å². The van der Waals surface area contributed by atoms with Gasteiger partial charge in [0, 0.05) is 0 Å². The summed E-state index contributed by atoms with van der Waals surface area (Å²) in [5.41, 5.74) is 0. The van der Waals surface area contributed by atoms with E-state index >= 15 is 0 Å². The lowest BCUT2D eigenvalue weighted by atomic mass is 10.3. The minimum absolute atomic E-state index is 1.51. The van der Waals surface area contributed by atoms with E-state index in [1.807, 2.05) is 0 Å². The average molecular weight is 131 g/mol. The zero-order chi connectivity index (χ0) is 7.11. The third-order valence-corrected chi connectivity index (χ3v) is 0.347. The minimum atomic E-state index is -2.17. The zero-order valence-electron chi connectivity index (χ0n) is 4.51. The van der Waals surface area contributed by atoms with E-state index in [1.165, 1.54) is 6.26 Å². The lowest BCUT2D eigenvalue weighted by Gasteiger charge is -1.69. The quantitative estimate of drug-likeness (QED) is 0.378. The smallest absolute Gasteiger partial charge is 0.402 e. The molecule has 0 spiro atoms. The van der Waals surface area contributed by atoms with E-state index in [9.17, 15) is 0 Å². The zero-order valence-corrected chi connectivity index (χ0v) is 4.51. The Morgan fingerprint density at radius 1 is 1.33 bits per heavy atom. The predicted molar refractivity (Wildman–Crippen MR) is 28.9 cm³/mol. The molecule has 6 heteroatoms. The van der Waals surface area contributed by atoms with Crippen molar-refractivity contribution in [2.24, 2.45) is 0 Å². The highest BCUT2D eigenvalue weighted by molar-refractivity contribution is 6.30. The third kappa shape index (κ3) is 11.0. The summed E-state index contributed by atoms with van der Waals surface area (Å²) in [7, 11) is -2.17. The summed E-state index contributed by atoms with van der Waals surface area (Å²) in [5.74, 6) is 0. The van der Waals surface area contributed by atoms with Crippen LogP contribution in [0.3, 0.4) is 0 Å². The van der Waals surface area contributed by atoms with Gasteiger partial charge in [-0.1, -0.05) is 5.16 Å². The second kappa shape index (κ2) is 5.29. The Bertz CT molecular complexity index is 99.4. The standard InChI is InChI=1S/C3H3NO.BH3O3/c1-2-4-5-3-1;2-1(3)4/h1-3H;2-4H. The maximum Gasteiger partial charge on any atom is 0.631 e. The normalized spacial score (nSPS) is 7.44. The fourth-order valence-corrected chi connectivity index (χ4v) is 0.176. The van der Waals surface area contributed by atoms with Crippen molar-refractivity contribution in [3.8, 4) is 0 Å². The summed E-state index contributed by atoms with van der Waals surface area (Å²) in [4.78, 5) is 0. The largest absolute Gasteiger partial charge is 0.631 e. The molecule has 1 rings (SSSR count). The molecule has 0 aromatic carbocycles. The summed E-state index contributed by atoms with van der Waals surface area (Å²) in [6, 6.07) is 1.72. The Morgan fingerprint density at radius 2 is 1.89 bits per heavy atom. The van der Waals surface area contributed by atoms with E-state index in [1.54, 1.807) is 12.3 Å². The van der Waals surface area contributed by atoms with Crippen molar-refractivity contribution in [1.29, 1.82) is 0 Å². The maximum absolute atomic E-state index is 7.17. The van der Waals surface area contributed by atoms with Gasteiger partial charge in [-0.2, -0.15) is 0 Å². The molecule has 0 atom stereocenters. The van der Waals surface area contributed by atoms with Crippen LogP contribution in [0, 0.1) is 0 Å². The van der Waals surface area contributed by atoms with Gasteiger partial charge >= 0.3 is 7.32 Å². The molecule has 0 bridgehead atoms. The van der Waals surface area contributed by atoms with Crippen LogP contribution in [0.1, 0.15) is 0 Å². The van der Waals surface area contributed by atoms with Crippen molar-refractivity contribution in [3.05, 3.63) is 18.5 Å². The van der Waals surface area contributed by atoms with Gasteiger partial charge in [-0.25, -0.2) is 0 Å². The SMILES string of the molecule is OB(O)O.c1cnoc1. The lowest BCUT2D eigenvalue weighted by molar-refractivity contribution is 0.278. The van der Waals surface area contributed by atoms with E-state index < -0.39 is 7.32 Å². The Kier molecular flexibility index (Phi) is 4.80. The van der Waals surface area contributed by atoms with Crippen molar-refractivity contribution in [2.75, 3.05) is 0 Å². The highest BCUT2D eigenvalue weighted by Gasteiger charge is 1.92. The van der Waals surface area contributed by atoms with Crippen molar-refractivity contribution in [2.45, 2.75) is 0 Å². The molecule has 0 amide bonds. The van der Waals surface area contributed by atoms with Gasteiger partial charge in [-0.05, 0) is 6.07 Å². The molecule has 3 N–H and O–H groups in total. The van der Waals surface area contributed by atoms with Gasteiger partial charge in [0.15, 0.2) is 0 Å². The van der Waals surface area contributed by atoms with Gasteiger partial charge in [0.25, 0.3) is 0 Å². The van der Waals surface area contributed by atoms with E-state index in [0.717, 1.165) is 0 Å². The molecular formula is C3H6BNO4. The van der Waals surface area contributed by atoms with Gasteiger partial charge in [-0.15, -0.1) is 0 Å². The molecule has 1 heterocycles. The molecule has 0 fully saturated rings. The Hall–Kier alpha value is -0.845. The Labute approximate surface area is 51.7 Å². The number of hydrogen-bond acceptors (Lipinski definition) is 5. The average Bonchev–Trinajstić information content (AvgIpc) is 2.11. The van der Waals surface area contributed by atoms with Crippen molar-refractivity contribution >= 4 is 7.32 Å². The second-order valence-corrected chi connectivity index (χ2v) is 1.03. The number of rotatable bonds is 0. The number of hydrogen-bond donors (Lipinski definition) is 3. The fraction of sp³-hybridized carbons (Fsp3) is 0. The second-order valence-electron chi connectivity index (χ2n) is 1.03. The Balaban J connectivity index is 0.000000148. The summed E-state index contributed by atoms with van der Waals surface area (Å²) in [6.07, 6.45) is 3.10. The highest BCUT2D eigenvalue weighted by atomic mass is 16.5. The van der Waals surface area contributed by atoms with Gasteiger partial charge in [0.1, 0.15) is 6.26 Å². The topological polar surface area (TPSA) is 86.7 Å². The lowest BCUT2D eigenvalue weighted by Crippen LogP contribution is -2.07. The molecule has 9 heavy (non-hydrogen) atoms. The van der Waals surface area contributed by atoms with Gasteiger partial charge in [0.05, 0.1) is 6.20 Å². The molecule has 50 valence electrons. The van der Waals surface area contributed by atoms with Crippen LogP contribution in [-0.4, -0.2) is 27.5 Å². The van der Waals surface area contributed by atoms with Crippen LogP contribution in [-0.2, 0) is 0 Å². The van der Waals surface area contributed by atoms with E-state index in [4.69, 9.17) is 15.1 Å². The Morgan fingerprint density at radius 3 is 2.00 bits per heavy atom. The molecule has 0 aliphatic heterocycles. The molecule has 1 aromatic rings. The molecular weight excluding hydrogens is 125 g/mol. The third-order valence-electron chi connectivity index (χ3n) is 0.347. The molecule has 0 aliphatic carbocycles. The van der Waals surface area contributed by atoms with Crippen LogP contribution in [0.2, 0.25) is 0 Å². The van der Waals surface area contributed by atoms with Crippen molar-refractivity contribution < 1.29 is 19.6 Å². The van der Waals surface area contributed by atoms with Crippen molar-refractivity contribution in [1.82, 2.24) is 5.16 Å².